The van der Waals surface area contributed by atoms with Crippen LogP contribution in [0.2, 0.25) is 0 Å². The fourth-order valence-corrected chi connectivity index (χ4v) is 1.06. The van der Waals surface area contributed by atoms with Crippen molar-refractivity contribution in [1.29, 1.82) is 0 Å². The third-order valence-electron chi connectivity index (χ3n) is 1.30. The predicted molar refractivity (Wildman–Crippen MR) is 44.3 cm³/mol. The number of hydrogen-bond donors (Lipinski definition) is 0. The molecule has 0 aliphatic heterocycles. The van der Waals surface area contributed by atoms with Gasteiger partial charge in [0, 0.05) is 24.6 Å². The Bertz CT molecular complexity index is 279. The van der Waals surface area contributed by atoms with E-state index in [0.29, 0.717) is 0 Å². The number of aromatic nitrogens is 1. The molecule has 3 heteroatoms. The predicted octanol–water partition coefficient (Wildman–Crippen LogP) is 1.28. The van der Waals surface area contributed by atoms with Gasteiger partial charge in [-0.1, -0.05) is 22.0 Å². The SMILES string of the molecule is Cn1cc(CBr)ccc1=O. The monoisotopic (exact) mass is 201 g/mol. The highest BCUT2D eigenvalue weighted by Crippen LogP contribution is 2.00. The summed E-state index contributed by atoms with van der Waals surface area (Å²) in [5.41, 5.74) is 1.15. The van der Waals surface area contributed by atoms with Crippen molar-refractivity contribution in [3.63, 3.8) is 0 Å². The van der Waals surface area contributed by atoms with Gasteiger partial charge in [-0.05, 0) is 5.56 Å². The first-order valence-electron chi connectivity index (χ1n) is 2.95. The number of halogens is 1. The lowest BCUT2D eigenvalue weighted by Gasteiger charge is -1.97. The van der Waals surface area contributed by atoms with Crippen LogP contribution in [0.25, 0.3) is 0 Å². The fraction of sp³-hybridized carbons (Fsp3) is 0.286. The molecule has 0 unspecified atom stereocenters. The number of nitrogens with zero attached hydrogens (tertiary/aromatic N) is 1. The highest BCUT2D eigenvalue weighted by Gasteiger charge is 1.90. The Balaban J connectivity index is 3.17. The van der Waals surface area contributed by atoms with Crippen LogP contribution in [0.1, 0.15) is 5.56 Å². The summed E-state index contributed by atoms with van der Waals surface area (Å²) in [6, 6.07) is 3.38. The molecule has 0 aliphatic carbocycles. The fourth-order valence-electron chi connectivity index (χ4n) is 0.730. The van der Waals surface area contributed by atoms with Gasteiger partial charge in [0.15, 0.2) is 0 Å². The Morgan fingerprint density at radius 2 is 2.30 bits per heavy atom. The highest BCUT2D eigenvalue weighted by molar-refractivity contribution is 9.08. The van der Waals surface area contributed by atoms with Gasteiger partial charge >= 0.3 is 0 Å². The molecular weight excluding hydrogens is 194 g/mol. The second-order valence-corrected chi connectivity index (χ2v) is 2.68. The molecule has 0 radical (unpaired) electrons. The quantitative estimate of drug-likeness (QED) is 0.628. The smallest absolute Gasteiger partial charge is 0.250 e. The summed E-state index contributed by atoms with van der Waals surface area (Å²) in [7, 11) is 1.74. The molecule has 0 aromatic carbocycles. The molecule has 0 atom stereocenters. The van der Waals surface area contributed by atoms with Crippen LogP contribution in [-0.4, -0.2) is 4.57 Å². The van der Waals surface area contributed by atoms with Crippen LogP contribution in [0.4, 0.5) is 0 Å². The van der Waals surface area contributed by atoms with Crippen molar-refractivity contribution in [1.82, 2.24) is 4.57 Å². The summed E-state index contributed by atoms with van der Waals surface area (Å²) in [4.78, 5) is 10.8. The van der Waals surface area contributed by atoms with Crippen molar-refractivity contribution >= 4 is 15.9 Å². The van der Waals surface area contributed by atoms with Crippen molar-refractivity contribution < 1.29 is 0 Å². The molecule has 1 heterocycles. The summed E-state index contributed by atoms with van der Waals surface area (Å²) in [5.74, 6) is 0. The van der Waals surface area contributed by atoms with E-state index in [2.05, 4.69) is 15.9 Å². The van der Waals surface area contributed by atoms with Gasteiger partial charge in [-0.15, -0.1) is 0 Å². The van der Waals surface area contributed by atoms with E-state index in [1.165, 1.54) is 0 Å². The van der Waals surface area contributed by atoms with E-state index in [4.69, 9.17) is 0 Å². The molecule has 0 saturated heterocycles. The number of pyridine rings is 1. The molecule has 0 saturated carbocycles. The van der Waals surface area contributed by atoms with Crippen LogP contribution >= 0.6 is 15.9 Å². The van der Waals surface area contributed by atoms with Crippen LogP contribution < -0.4 is 5.56 Å². The number of rotatable bonds is 1. The molecule has 1 rings (SSSR count). The molecule has 1 aromatic heterocycles. The maximum Gasteiger partial charge on any atom is 0.250 e. The zero-order valence-corrected chi connectivity index (χ0v) is 7.26. The second kappa shape index (κ2) is 3.01. The van der Waals surface area contributed by atoms with E-state index < -0.39 is 0 Å². The van der Waals surface area contributed by atoms with Crippen molar-refractivity contribution in [2.45, 2.75) is 5.33 Å². The molecule has 54 valence electrons. The van der Waals surface area contributed by atoms with Crippen LogP contribution in [0.15, 0.2) is 23.1 Å². The first kappa shape index (κ1) is 7.54. The summed E-state index contributed by atoms with van der Waals surface area (Å²) >= 11 is 3.30. The molecule has 1 aromatic rings. The van der Waals surface area contributed by atoms with E-state index in [1.807, 2.05) is 12.3 Å². The van der Waals surface area contributed by atoms with Crippen LogP contribution in [0.3, 0.4) is 0 Å². The Kier molecular flexibility index (Phi) is 2.27. The van der Waals surface area contributed by atoms with E-state index >= 15 is 0 Å². The van der Waals surface area contributed by atoms with Crippen molar-refractivity contribution in [3.8, 4) is 0 Å². The first-order valence-corrected chi connectivity index (χ1v) is 4.07. The standard InChI is InChI=1S/C7H8BrNO/c1-9-5-6(4-8)2-3-7(9)10/h2-3,5H,4H2,1H3. The Labute approximate surface area is 67.6 Å². The Morgan fingerprint density at radius 3 is 2.80 bits per heavy atom. The summed E-state index contributed by atoms with van der Waals surface area (Å²) < 4.78 is 1.57. The van der Waals surface area contributed by atoms with Crippen LogP contribution in [-0.2, 0) is 12.4 Å². The minimum atomic E-state index is 0.0321. The zero-order chi connectivity index (χ0) is 7.56. The summed E-state index contributed by atoms with van der Waals surface area (Å²) in [5, 5.41) is 0.793. The van der Waals surface area contributed by atoms with Crippen LogP contribution in [0, 0.1) is 0 Å². The molecular formula is C7H8BrNO. The van der Waals surface area contributed by atoms with E-state index in [1.54, 1.807) is 17.7 Å². The number of aryl methyl sites for hydroxylation is 1. The van der Waals surface area contributed by atoms with Gasteiger partial charge in [-0.2, -0.15) is 0 Å². The number of alkyl halides is 1. The van der Waals surface area contributed by atoms with Gasteiger partial charge in [0.1, 0.15) is 0 Å². The van der Waals surface area contributed by atoms with E-state index in [9.17, 15) is 4.79 Å². The van der Waals surface area contributed by atoms with Gasteiger partial charge in [-0.25, -0.2) is 0 Å². The molecule has 0 amide bonds. The average Bonchev–Trinajstić information content (AvgIpc) is 1.95. The largest absolute Gasteiger partial charge is 0.318 e. The molecule has 10 heavy (non-hydrogen) atoms. The van der Waals surface area contributed by atoms with Gasteiger partial charge in [0.25, 0.3) is 0 Å². The molecule has 0 spiro atoms. The highest BCUT2D eigenvalue weighted by atomic mass is 79.9. The normalized spacial score (nSPS) is 9.80. The van der Waals surface area contributed by atoms with Crippen molar-refractivity contribution in [2.75, 3.05) is 0 Å². The van der Waals surface area contributed by atoms with Crippen molar-refractivity contribution in [3.05, 3.63) is 34.2 Å². The van der Waals surface area contributed by atoms with Gasteiger partial charge in [-0.3, -0.25) is 4.79 Å². The molecule has 0 N–H and O–H groups in total. The van der Waals surface area contributed by atoms with Crippen LogP contribution in [0.5, 0.6) is 0 Å². The minimum absolute atomic E-state index is 0.0321. The Morgan fingerprint density at radius 1 is 1.60 bits per heavy atom. The third kappa shape index (κ3) is 1.48. The summed E-state index contributed by atoms with van der Waals surface area (Å²) in [6.45, 7) is 0. The molecule has 2 nitrogen and oxygen atoms in total. The molecule has 0 aliphatic rings. The Hall–Kier alpha value is -0.570. The van der Waals surface area contributed by atoms with Gasteiger partial charge < -0.3 is 4.57 Å². The maximum absolute atomic E-state index is 10.8. The minimum Gasteiger partial charge on any atom is -0.318 e. The zero-order valence-electron chi connectivity index (χ0n) is 5.67. The molecule has 0 bridgehead atoms. The van der Waals surface area contributed by atoms with E-state index in [-0.39, 0.29) is 5.56 Å². The first-order chi connectivity index (χ1) is 4.74. The lowest BCUT2D eigenvalue weighted by Crippen LogP contribution is -2.14. The topological polar surface area (TPSA) is 22.0 Å². The average molecular weight is 202 g/mol. The second-order valence-electron chi connectivity index (χ2n) is 2.12. The van der Waals surface area contributed by atoms with Gasteiger partial charge in [0.2, 0.25) is 5.56 Å². The number of hydrogen-bond acceptors (Lipinski definition) is 1. The maximum atomic E-state index is 10.8. The van der Waals surface area contributed by atoms with Gasteiger partial charge in [0.05, 0.1) is 0 Å². The van der Waals surface area contributed by atoms with E-state index in [0.717, 1.165) is 10.9 Å². The lowest BCUT2D eigenvalue weighted by atomic mass is 10.3. The third-order valence-corrected chi connectivity index (χ3v) is 1.95. The summed E-state index contributed by atoms with van der Waals surface area (Å²) in [6.07, 6.45) is 1.82. The lowest BCUT2D eigenvalue weighted by molar-refractivity contribution is 0.851. The molecule has 0 fully saturated rings. The van der Waals surface area contributed by atoms with Crippen molar-refractivity contribution in [2.24, 2.45) is 7.05 Å².